The molecule has 2 aromatic rings. The third-order valence-corrected chi connectivity index (χ3v) is 2.23. The molecular weight excluding hydrogens is 238 g/mol. The Hall–Kier alpha value is -1.15. The van der Waals surface area contributed by atoms with E-state index in [0.717, 1.165) is 4.47 Å². The van der Waals surface area contributed by atoms with Crippen molar-refractivity contribution < 1.29 is 8.22 Å². The van der Waals surface area contributed by atoms with Gasteiger partial charge in [0.05, 0.1) is 9.81 Å². The minimum Gasteiger partial charge on any atom is -0.253 e. The maximum absolute atomic E-state index is 7.86. The Bertz CT molecular complexity index is 650. The van der Waals surface area contributed by atoms with Gasteiger partial charge < -0.3 is 0 Å². The van der Waals surface area contributed by atoms with Gasteiger partial charge in [0.1, 0.15) is 0 Å². The predicted octanol–water partition coefficient (Wildman–Crippen LogP) is 3.82. The zero-order valence-electron chi connectivity index (χ0n) is 13.1. The van der Waals surface area contributed by atoms with Gasteiger partial charge >= 0.3 is 0 Å². The van der Waals surface area contributed by atoms with Gasteiger partial charge in [-0.15, -0.1) is 0 Å². The Balaban J connectivity index is 2.71. The zero-order chi connectivity index (χ0) is 15.1. The molecule has 0 saturated carbocycles. The van der Waals surface area contributed by atoms with Crippen molar-refractivity contribution >= 4 is 15.9 Å². The highest BCUT2D eigenvalue weighted by Crippen LogP contribution is 2.19. The molecule has 0 bridgehead atoms. The first-order chi connectivity index (χ1) is 9.21. The quantitative estimate of drug-likeness (QED) is 0.753. The molecule has 0 amide bonds. The number of rotatable bonds is 1. The number of aromatic nitrogens is 1. The standard InChI is InChI=1S/C12H10BrN/c1-9-3-2-4-12(14-9)10-5-7-11(13)8-6-10/h2-8H,1H3/i1D3,2D,3D,4D. The van der Waals surface area contributed by atoms with Crippen molar-refractivity contribution in [1.29, 1.82) is 0 Å². The molecule has 70 valence electrons. The Kier molecular flexibility index (Phi) is 1.28. The number of aryl methyl sites for hydroxylation is 1. The van der Waals surface area contributed by atoms with E-state index >= 15 is 0 Å². The van der Waals surface area contributed by atoms with Crippen LogP contribution in [0.3, 0.4) is 0 Å². The molecule has 0 aliphatic rings. The van der Waals surface area contributed by atoms with Gasteiger partial charge in [0, 0.05) is 19.8 Å². The molecule has 0 aliphatic heterocycles. The Morgan fingerprint density at radius 2 is 2.07 bits per heavy atom. The average Bonchev–Trinajstić information content (AvgIpc) is 2.36. The van der Waals surface area contributed by atoms with Crippen LogP contribution in [0, 0.1) is 6.85 Å². The van der Waals surface area contributed by atoms with E-state index in [1.807, 2.05) is 0 Å². The second-order valence-electron chi connectivity index (χ2n) is 2.69. The van der Waals surface area contributed by atoms with Crippen LogP contribution < -0.4 is 0 Å². The van der Waals surface area contributed by atoms with Gasteiger partial charge in [-0.1, -0.05) is 34.1 Å². The number of hydrogen-bond donors (Lipinski definition) is 0. The third-order valence-electron chi connectivity index (χ3n) is 1.70. The molecule has 1 nitrogen and oxygen atoms in total. The van der Waals surface area contributed by atoms with Gasteiger partial charge in [0.15, 0.2) is 0 Å². The van der Waals surface area contributed by atoms with Gasteiger partial charge in [-0.3, -0.25) is 4.98 Å². The molecule has 2 heteroatoms. The SMILES string of the molecule is [2H]c1c(-c2ccc(Br)cc2)nc(C([2H])([2H])[2H])c([2H])c1[2H]. The van der Waals surface area contributed by atoms with Crippen LogP contribution in [0.25, 0.3) is 11.3 Å². The van der Waals surface area contributed by atoms with Crippen molar-refractivity contribution in [3.05, 3.63) is 52.6 Å². The van der Waals surface area contributed by atoms with Crippen molar-refractivity contribution in [2.24, 2.45) is 0 Å². The van der Waals surface area contributed by atoms with Crippen LogP contribution in [0.2, 0.25) is 0 Å². The fraction of sp³-hybridized carbons (Fsp3) is 0.0833. The first-order valence-corrected chi connectivity index (χ1v) is 4.75. The Morgan fingerprint density at radius 3 is 2.79 bits per heavy atom. The third kappa shape index (κ3) is 2.02. The summed E-state index contributed by atoms with van der Waals surface area (Å²) in [5, 5.41) is 0. The number of nitrogens with zero attached hydrogens (tertiary/aromatic N) is 1. The fourth-order valence-corrected chi connectivity index (χ4v) is 1.33. The normalized spacial score (nSPS) is 17.2. The van der Waals surface area contributed by atoms with Crippen molar-refractivity contribution in [2.45, 2.75) is 6.85 Å². The Morgan fingerprint density at radius 1 is 1.29 bits per heavy atom. The first kappa shape index (κ1) is 4.58. The number of benzene rings is 1. The lowest BCUT2D eigenvalue weighted by molar-refractivity contribution is 1.20. The minimum atomic E-state index is -2.58. The summed E-state index contributed by atoms with van der Waals surface area (Å²) >= 11 is 3.28. The van der Waals surface area contributed by atoms with E-state index in [1.165, 1.54) is 0 Å². The molecule has 0 saturated heterocycles. The molecule has 1 heterocycles. The van der Waals surface area contributed by atoms with E-state index in [-0.39, 0.29) is 11.7 Å². The van der Waals surface area contributed by atoms with Crippen LogP contribution in [0.15, 0.2) is 46.9 Å². The van der Waals surface area contributed by atoms with Gasteiger partial charge in [0.25, 0.3) is 0 Å². The molecule has 0 atom stereocenters. The fourth-order valence-electron chi connectivity index (χ4n) is 1.06. The maximum atomic E-state index is 7.86. The summed E-state index contributed by atoms with van der Waals surface area (Å²) in [6, 6.07) is 5.64. The summed E-state index contributed by atoms with van der Waals surface area (Å²) in [6.45, 7) is -2.58. The molecule has 0 aliphatic carbocycles. The lowest BCUT2D eigenvalue weighted by atomic mass is 10.1. The van der Waals surface area contributed by atoms with Crippen molar-refractivity contribution in [1.82, 2.24) is 4.98 Å². The van der Waals surface area contributed by atoms with Gasteiger partial charge in [-0.25, -0.2) is 0 Å². The number of pyridine rings is 1. The van der Waals surface area contributed by atoms with Crippen molar-refractivity contribution in [3.8, 4) is 11.3 Å². The lowest BCUT2D eigenvalue weighted by Gasteiger charge is -2.01. The van der Waals surface area contributed by atoms with Crippen LogP contribution in [-0.2, 0) is 0 Å². The summed E-state index contributed by atoms with van der Waals surface area (Å²) in [5.74, 6) is 0. The second-order valence-corrected chi connectivity index (χ2v) is 3.61. The highest BCUT2D eigenvalue weighted by Gasteiger charge is 1.98. The Labute approximate surface area is 100 Å². The second kappa shape index (κ2) is 3.93. The molecule has 0 fully saturated rings. The molecular formula is C12H10BrN. The van der Waals surface area contributed by atoms with E-state index < -0.39 is 24.6 Å². The molecule has 1 aromatic carbocycles. The summed E-state index contributed by atoms with van der Waals surface area (Å²) in [5.41, 5.74) is 0.193. The maximum Gasteiger partial charge on any atom is 0.0705 e. The number of halogens is 1. The number of hydrogen-bond acceptors (Lipinski definition) is 1. The minimum absolute atomic E-state index is 0.102. The topological polar surface area (TPSA) is 12.9 Å². The van der Waals surface area contributed by atoms with Crippen LogP contribution in [0.1, 0.15) is 13.9 Å². The summed E-state index contributed by atoms with van der Waals surface area (Å²) < 4.78 is 46.2. The molecule has 0 N–H and O–H groups in total. The summed E-state index contributed by atoms with van der Waals surface area (Å²) in [4.78, 5) is 3.93. The van der Waals surface area contributed by atoms with Crippen molar-refractivity contribution in [2.75, 3.05) is 0 Å². The van der Waals surface area contributed by atoms with E-state index in [2.05, 4.69) is 20.9 Å². The van der Waals surface area contributed by atoms with E-state index in [1.54, 1.807) is 24.3 Å². The first-order valence-electron chi connectivity index (χ1n) is 6.96. The molecule has 0 radical (unpaired) electrons. The highest BCUT2D eigenvalue weighted by atomic mass is 79.9. The lowest BCUT2D eigenvalue weighted by Crippen LogP contribution is -1.85. The van der Waals surface area contributed by atoms with Gasteiger partial charge in [-0.05, 0) is 31.1 Å². The molecule has 0 spiro atoms. The molecule has 2 rings (SSSR count). The van der Waals surface area contributed by atoms with E-state index in [0.29, 0.717) is 5.56 Å². The molecule has 1 aromatic heterocycles. The zero-order valence-corrected chi connectivity index (χ0v) is 8.72. The smallest absolute Gasteiger partial charge is 0.0705 e. The van der Waals surface area contributed by atoms with E-state index in [4.69, 9.17) is 8.22 Å². The van der Waals surface area contributed by atoms with Gasteiger partial charge in [0.2, 0.25) is 0 Å². The predicted molar refractivity (Wildman–Crippen MR) is 62.1 cm³/mol. The summed E-state index contributed by atoms with van der Waals surface area (Å²) in [6.07, 6.45) is 0. The largest absolute Gasteiger partial charge is 0.253 e. The molecule has 14 heavy (non-hydrogen) atoms. The molecule has 0 unspecified atom stereocenters. The van der Waals surface area contributed by atoms with E-state index in [9.17, 15) is 0 Å². The monoisotopic (exact) mass is 253 g/mol. The van der Waals surface area contributed by atoms with Crippen molar-refractivity contribution in [3.63, 3.8) is 0 Å². The average molecular weight is 254 g/mol. The van der Waals surface area contributed by atoms with Crippen LogP contribution in [0.5, 0.6) is 0 Å². The van der Waals surface area contributed by atoms with Crippen LogP contribution >= 0.6 is 15.9 Å². The van der Waals surface area contributed by atoms with Crippen LogP contribution in [0.4, 0.5) is 0 Å². The highest BCUT2D eigenvalue weighted by molar-refractivity contribution is 9.10. The van der Waals surface area contributed by atoms with Crippen LogP contribution in [-0.4, -0.2) is 4.98 Å². The van der Waals surface area contributed by atoms with Gasteiger partial charge in [-0.2, -0.15) is 0 Å². The summed E-state index contributed by atoms with van der Waals surface area (Å²) in [7, 11) is 0.